The average Bonchev–Trinajstić information content (AvgIpc) is 2.91. The molecular weight excluding hydrogens is 267 g/mol. The van der Waals surface area contributed by atoms with Gasteiger partial charge in [-0.05, 0) is 36.2 Å². The first-order chi connectivity index (χ1) is 10.2. The van der Waals surface area contributed by atoms with Crippen LogP contribution < -0.4 is 5.32 Å². The lowest BCUT2D eigenvalue weighted by atomic mass is 10.1. The second-order valence-electron chi connectivity index (χ2n) is 5.06. The molecule has 3 aromatic rings. The Kier molecular flexibility index (Phi) is 3.92. The van der Waals surface area contributed by atoms with E-state index in [-0.39, 0.29) is 5.82 Å². The predicted molar refractivity (Wildman–Crippen MR) is 80.4 cm³/mol. The first-order valence-corrected chi connectivity index (χ1v) is 6.96. The minimum absolute atomic E-state index is 0.228. The number of halogens is 1. The topological polar surface area (TPSA) is 42.7 Å². The van der Waals surface area contributed by atoms with Gasteiger partial charge in [-0.2, -0.15) is 5.10 Å². The zero-order chi connectivity index (χ0) is 14.7. The molecule has 0 atom stereocenters. The molecule has 0 aliphatic rings. The molecule has 0 unspecified atom stereocenters. The van der Waals surface area contributed by atoms with Crippen LogP contribution in [0.15, 0.2) is 42.9 Å². The van der Waals surface area contributed by atoms with Crippen molar-refractivity contribution in [3.05, 3.63) is 59.8 Å². The SMILES string of the molecule is Cc1cnn(CCNCc2ccc(F)c3cccnc23)c1. The molecule has 1 aromatic carbocycles. The molecule has 5 heteroatoms. The molecule has 0 amide bonds. The third-order valence-electron chi connectivity index (χ3n) is 3.40. The molecule has 4 nitrogen and oxygen atoms in total. The van der Waals surface area contributed by atoms with E-state index in [2.05, 4.69) is 15.4 Å². The molecule has 3 rings (SSSR count). The van der Waals surface area contributed by atoms with Gasteiger partial charge in [0, 0.05) is 30.9 Å². The van der Waals surface area contributed by atoms with E-state index in [1.807, 2.05) is 24.0 Å². The zero-order valence-electron chi connectivity index (χ0n) is 11.9. The number of aryl methyl sites for hydroxylation is 1. The first-order valence-electron chi connectivity index (χ1n) is 6.96. The fourth-order valence-corrected chi connectivity index (χ4v) is 2.34. The number of nitrogens with zero attached hydrogens (tertiary/aromatic N) is 3. The van der Waals surface area contributed by atoms with Gasteiger partial charge in [0.15, 0.2) is 0 Å². The lowest BCUT2D eigenvalue weighted by Gasteiger charge is -2.08. The molecule has 0 aliphatic heterocycles. The van der Waals surface area contributed by atoms with Crippen LogP contribution in [0.1, 0.15) is 11.1 Å². The first kappa shape index (κ1) is 13.7. The standard InChI is InChI=1S/C16H17FN4/c1-12-9-20-21(11-12)8-7-18-10-13-4-5-15(17)14-3-2-6-19-16(13)14/h2-6,9,11,18H,7-8,10H2,1H3. The van der Waals surface area contributed by atoms with Gasteiger partial charge in [0.2, 0.25) is 0 Å². The molecule has 0 bridgehead atoms. The van der Waals surface area contributed by atoms with Gasteiger partial charge in [-0.25, -0.2) is 4.39 Å². The Bertz CT molecular complexity index is 751. The summed E-state index contributed by atoms with van der Waals surface area (Å²) in [5.74, 6) is -0.228. The third kappa shape index (κ3) is 3.08. The Balaban J connectivity index is 1.64. The maximum Gasteiger partial charge on any atom is 0.132 e. The molecule has 0 saturated carbocycles. The van der Waals surface area contributed by atoms with E-state index in [1.54, 1.807) is 24.4 Å². The van der Waals surface area contributed by atoms with Gasteiger partial charge in [0.25, 0.3) is 0 Å². The lowest BCUT2D eigenvalue weighted by Crippen LogP contribution is -2.20. The van der Waals surface area contributed by atoms with Crippen LogP contribution in [-0.2, 0) is 13.1 Å². The number of nitrogens with one attached hydrogen (secondary N) is 1. The summed E-state index contributed by atoms with van der Waals surface area (Å²) in [5.41, 5.74) is 2.88. The van der Waals surface area contributed by atoms with Gasteiger partial charge in [-0.3, -0.25) is 9.67 Å². The van der Waals surface area contributed by atoms with E-state index in [4.69, 9.17) is 0 Å². The number of hydrogen-bond donors (Lipinski definition) is 1. The highest BCUT2D eigenvalue weighted by Gasteiger charge is 2.06. The van der Waals surface area contributed by atoms with Crippen molar-refractivity contribution < 1.29 is 4.39 Å². The molecule has 0 fully saturated rings. The minimum Gasteiger partial charge on any atom is -0.311 e. The number of rotatable bonds is 5. The Morgan fingerprint density at radius 3 is 3.00 bits per heavy atom. The largest absolute Gasteiger partial charge is 0.311 e. The van der Waals surface area contributed by atoms with Gasteiger partial charge in [0.1, 0.15) is 5.82 Å². The quantitative estimate of drug-likeness (QED) is 0.732. The number of fused-ring (bicyclic) bond motifs is 1. The second kappa shape index (κ2) is 6.01. The zero-order valence-corrected chi connectivity index (χ0v) is 11.9. The highest BCUT2D eigenvalue weighted by Crippen LogP contribution is 2.19. The Labute approximate surface area is 122 Å². The van der Waals surface area contributed by atoms with Crippen molar-refractivity contribution in [3.63, 3.8) is 0 Å². The van der Waals surface area contributed by atoms with Crippen molar-refractivity contribution in [2.24, 2.45) is 0 Å². The van der Waals surface area contributed by atoms with Gasteiger partial charge in [-0.1, -0.05) is 6.07 Å². The Hall–Kier alpha value is -2.27. The summed E-state index contributed by atoms with van der Waals surface area (Å²) >= 11 is 0. The highest BCUT2D eigenvalue weighted by molar-refractivity contribution is 5.82. The van der Waals surface area contributed by atoms with Crippen molar-refractivity contribution in [1.29, 1.82) is 0 Å². The monoisotopic (exact) mass is 284 g/mol. The number of pyridine rings is 1. The van der Waals surface area contributed by atoms with Crippen LogP contribution in [0.4, 0.5) is 4.39 Å². The summed E-state index contributed by atoms with van der Waals surface area (Å²) < 4.78 is 15.6. The van der Waals surface area contributed by atoms with Crippen molar-refractivity contribution in [3.8, 4) is 0 Å². The van der Waals surface area contributed by atoms with Crippen molar-refractivity contribution in [2.45, 2.75) is 20.0 Å². The van der Waals surface area contributed by atoms with Crippen molar-refractivity contribution >= 4 is 10.9 Å². The van der Waals surface area contributed by atoms with Gasteiger partial charge in [0.05, 0.1) is 18.3 Å². The van der Waals surface area contributed by atoms with E-state index < -0.39 is 0 Å². The normalized spacial score (nSPS) is 11.1. The van der Waals surface area contributed by atoms with E-state index in [9.17, 15) is 4.39 Å². The predicted octanol–water partition coefficient (Wildman–Crippen LogP) is 2.67. The van der Waals surface area contributed by atoms with Gasteiger partial charge in [-0.15, -0.1) is 0 Å². The molecule has 0 radical (unpaired) electrons. The van der Waals surface area contributed by atoms with Gasteiger partial charge >= 0.3 is 0 Å². The lowest BCUT2D eigenvalue weighted by molar-refractivity contribution is 0.555. The smallest absolute Gasteiger partial charge is 0.132 e. The average molecular weight is 284 g/mol. The molecule has 2 aromatic heterocycles. The molecule has 1 N–H and O–H groups in total. The van der Waals surface area contributed by atoms with Crippen LogP contribution in [0.3, 0.4) is 0 Å². The van der Waals surface area contributed by atoms with Crippen molar-refractivity contribution in [1.82, 2.24) is 20.1 Å². The van der Waals surface area contributed by atoms with Crippen molar-refractivity contribution in [2.75, 3.05) is 6.54 Å². The molecular formula is C16H17FN4. The summed E-state index contributed by atoms with van der Waals surface area (Å²) in [6.07, 6.45) is 5.55. The summed E-state index contributed by atoms with van der Waals surface area (Å²) in [6, 6.07) is 6.80. The molecule has 0 saturated heterocycles. The summed E-state index contributed by atoms with van der Waals surface area (Å²) in [6.45, 7) is 4.29. The summed E-state index contributed by atoms with van der Waals surface area (Å²) in [7, 11) is 0. The molecule has 0 aliphatic carbocycles. The van der Waals surface area contributed by atoms with E-state index in [0.29, 0.717) is 11.9 Å². The van der Waals surface area contributed by atoms with Crippen LogP contribution in [0.2, 0.25) is 0 Å². The van der Waals surface area contributed by atoms with Crippen LogP contribution in [0.5, 0.6) is 0 Å². The summed E-state index contributed by atoms with van der Waals surface area (Å²) in [4.78, 5) is 4.28. The third-order valence-corrected chi connectivity index (χ3v) is 3.40. The highest BCUT2D eigenvalue weighted by atomic mass is 19.1. The molecule has 21 heavy (non-hydrogen) atoms. The van der Waals surface area contributed by atoms with E-state index >= 15 is 0 Å². The Morgan fingerprint density at radius 1 is 1.29 bits per heavy atom. The van der Waals surface area contributed by atoms with Crippen LogP contribution in [0.25, 0.3) is 10.9 Å². The van der Waals surface area contributed by atoms with Crippen LogP contribution in [0, 0.1) is 12.7 Å². The van der Waals surface area contributed by atoms with E-state index in [1.165, 1.54) is 6.07 Å². The fourth-order valence-electron chi connectivity index (χ4n) is 2.34. The Morgan fingerprint density at radius 2 is 2.19 bits per heavy atom. The minimum atomic E-state index is -0.228. The summed E-state index contributed by atoms with van der Waals surface area (Å²) in [5, 5.41) is 8.15. The number of aromatic nitrogens is 3. The fraction of sp³-hybridized carbons (Fsp3) is 0.250. The molecule has 0 spiro atoms. The van der Waals surface area contributed by atoms with Crippen LogP contribution >= 0.6 is 0 Å². The maximum absolute atomic E-state index is 13.7. The number of benzene rings is 1. The molecule has 108 valence electrons. The van der Waals surface area contributed by atoms with Gasteiger partial charge < -0.3 is 5.32 Å². The second-order valence-corrected chi connectivity index (χ2v) is 5.06. The number of hydrogen-bond acceptors (Lipinski definition) is 3. The maximum atomic E-state index is 13.7. The van der Waals surface area contributed by atoms with E-state index in [0.717, 1.165) is 29.7 Å². The van der Waals surface area contributed by atoms with Crippen LogP contribution in [-0.4, -0.2) is 21.3 Å². The molecule has 2 heterocycles.